The highest BCUT2D eigenvalue weighted by Crippen LogP contribution is 2.18. The van der Waals surface area contributed by atoms with Crippen LogP contribution >= 0.6 is 23.4 Å². The van der Waals surface area contributed by atoms with Crippen LogP contribution in [0.1, 0.15) is 16.8 Å². The molecule has 0 aliphatic heterocycles. The van der Waals surface area contributed by atoms with Gasteiger partial charge in [-0.1, -0.05) is 29.8 Å². The van der Waals surface area contributed by atoms with Crippen molar-refractivity contribution in [1.82, 2.24) is 10.2 Å². The van der Waals surface area contributed by atoms with Gasteiger partial charge in [-0.2, -0.15) is 11.8 Å². The maximum absolute atomic E-state index is 13.0. The predicted molar refractivity (Wildman–Crippen MR) is 125 cm³/mol. The molecule has 7 nitrogen and oxygen atoms in total. The number of halogens is 1. The van der Waals surface area contributed by atoms with E-state index in [1.807, 2.05) is 6.26 Å². The second kappa shape index (κ2) is 12.2. The van der Waals surface area contributed by atoms with Gasteiger partial charge in [-0.05, 0) is 48.8 Å². The third-order valence-corrected chi connectivity index (χ3v) is 5.31. The Morgan fingerprint density at radius 2 is 1.90 bits per heavy atom. The first-order valence-electron chi connectivity index (χ1n) is 9.59. The number of nitrogens with zero attached hydrogens (tertiary/aromatic N) is 1. The van der Waals surface area contributed by atoms with Crippen LogP contribution in [0.25, 0.3) is 0 Å². The van der Waals surface area contributed by atoms with E-state index in [1.165, 1.54) is 19.1 Å². The molecule has 0 aliphatic carbocycles. The van der Waals surface area contributed by atoms with Gasteiger partial charge >= 0.3 is 0 Å². The molecule has 9 heteroatoms. The molecule has 0 heterocycles. The van der Waals surface area contributed by atoms with Gasteiger partial charge in [0.1, 0.15) is 11.8 Å². The molecule has 0 saturated heterocycles. The molecule has 0 radical (unpaired) electrons. The lowest BCUT2D eigenvalue weighted by Gasteiger charge is -2.24. The van der Waals surface area contributed by atoms with E-state index in [-0.39, 0.29) is 18.4 Å². The molecule has 2 rings (SSSR count). The van der Waals surface area contributed by atoms with Crippen LogP contribution in [0.2, 0.25) is 5.02 Å². The van der Waals surface area contributed by atoms with Crippen molar-refractivity contribution in [2.75, 3.05) is 38.0 Å². The average molecular weight is 464 g/mol. The number of nitrogens with one attached hydrogen (secondary N) is 2. The molecule has 0 aliphatic rings. The molecule has 2 aromatic rings. The summed E-state index contributed by atoms with van der Waals surface area (Å²) < 4.78 is 5.23. The topological polar surface area (TPSA) is 87.7 Å². The Bertz CT molecular complexity index is 925. The lowest BCUT2D eigenvalue weighted by Crippen LogP contribution is -2.49. The second-order valence-electron chi connectivity index (χ2n) is 6.76. The van der Waals surface area contributed by atoms with Crippen molar-refractivity contribution in [3.63, 3.8) is 0 Å². The van der Waals surface area contributed by atoms with E-state index in [0.717, 1.165) is 0 Å². The number of hydrogen-bond donors (Lipinski definition) is 2. The summed E-state index contributed by atoms with van der Waals surface area (Å²) in [6.07, 6.45) is 2.35. The van der Waals surface area contributed by atoms with Crippen molar-refractivity contribution in [1.29, 1.82) is 0 Å². The summed E-state index contributed by atoms with van der Waals surface area (Å²) in [7, 11) is 3.01. The summed E-state index contributed by atoms with van der Waals surface area (Å²) in [6.45, 7) is -0.161. The molecule has 1 unspecified atom stereocenters. The van der Waals surface area contributed by atoms with Crippen LogP contribution in [0.5, 0.6) is 5.75 Å². The lowest BCUT2D eigenvalue weighted by atomic mass is 10.1. The van der Waals surface area contributed by atoms with Crippen molar-refractivity contribution in [2.45, 2.75) is 12.5 Å². The van der Waals surface area contributed by atoms with Crippen LogP contribution in [0.15, 0.2) is 48.5 Å². The molecule has 166 valence electrons. The van der Waals surface area contributed by atoms with Gasteiger partial charge in [-0.3, -0.25) is 14.4 Å². The van der Waals surface area contributed by atoms with Crippen molar-refractivity contribution in [3.05, 3.63) is 59.1 Å². The minimum absolute atomic E-state index is 0.161. The highest BCUT2D eigenvalue weighted by atomic mass is 35.5. The van der Waals surface area contributed by atoms with Gasteiger partial charge in [0, 0.05) is 17.8 Å². The quantitative estimate of drug-likeness (QED) is 0.564. The SMILES string of the molecule is COc1ccccc1C(=O)NC(CCSC)C(=O)N(C)CC(=O)Nc1cccc(Cl)c1. The van der Waals surface area contributed by atoms with Crippen molar-refractivity contribution in [3.8, 4) is 5.75 Å². The monoisotopic (exact) mass is 463 g/mol. The first-order valence-corrected chi connectivity index (χ1v) is 11.4. The lowest BCUT2D eigenvalue weighted by molar-refractivity contribution is -0.135. The molecule has 31 heavy (non-hydrogen) atoms. The largest absolute Gasteiger partial charge is 0.496 e. The first-order chi connectivity index (χ1) is 14.8. The van der Waals surface area contributed by atoms with Crippen LogP contribution in [0, 0.1) is 0 Å². The molecule has 3 amide bonds. The van der Waals surface area contributed by atoms with Crippen molar-refractivity contribution in [2.24, 2.45) is 0 Å². The molecule has 0 fully saturated rings. The zero-order chi connectivity index (χ0) is 22.8. The molecule has 0 saturated carbocycles. The molecule has 0 spiro atoms. The molecule has 2 N–H and O–H groups in total. The van der Waals surface area contributed by atoms with Crippen LogP contribution in [-0.4, -0.2) is 61.4 Å². The van der Waals surface area contributed by atoms with Gasteiger partial charge in [0.15, 0.2) is 0 Å². The third kappa shape index (κ3) is 7.48. The standard InChI is InChI=1S/C22H26ClN3O4S/c1-26(14-20(27)24-16-8-6-7-15(23)13-16)22(29)18(11-12-31-3)25-21(28)17-9-4-5-10-19(17)30-2/h4-10,13,18H,11-12,14H2,1-3H3,(H,24,27)(H,25,28). The van der Waals surface area contributed by atoms with Gasteiger partial charge in [0.05, 0.1) is 19.2 Å². The Morgan fingerprint density at radius 3 is 2.58 bits per heavy atom. The van der Waals surface area contributed by atoms with E-state index in [4.69, 9.17) is 16.3 Å². The maximum atomic E-state index is 13.0. The number of hydrogen-bond acceptors (Lipinski definition) is 5. The Balaban J connectivity index is 2.05. The summed E-state index contributed by atoms with van der Waals surface area (Å²) in [5.41, 5.74) is 0.884. The Kier molecular flexibility index (Phi) is 9.68. The number of ether oxygens (including phenoxy) is 1. The van der Waals surface area contributed by atoms with Gasteiger partial charge in [-0.15, -0.1) is 0 Å². The van der Waals surface area contributed by atoms with E-state index in [2.05, 4.69) is 10.6 Å². The minimum atomic E-state index is -0.770. The fourth-order valence-corrected chi connectivity index (χ4v) is 3.55. The van der Waals surface area contributed by atoms with Crippen LogP contribution in [-0.2, 0) is 9.59 Å². The molecule has 1 atom stereocenters. The second-order valence-corrected chi connectivity index (χ2v) is 8.18. The summed E-state index contributed by atoms with van der Waals surface area (Å²) in [4.78, 5) is 39.4. The molecular weight excluding hydrogens is 438 g/mol. The van der Waals surface area contributed by atoms with E-state index in [0.29, 0.717) is 34.2 Å². The summed E-state index contributed by atoms with van der Waals surface area (Å²) >= 11 is 7.50. The number of thioether (sulfide) groups is 1. The summed E-state index contributed by atoms with van der Waals surface area (Å²) in [6, 6.07) is 12.8. The summed E-state index contributed by atoms with van der Waals surface area (Å²) in [5.74, 6) is -0.0270. The number of rotatable bonds is 10. The highest BCUT2D eigenvalue weighted by molar-refractivity contribution is 7.98. The number of methoxy groups -OCH3 is 1. The smallest absolute Gasteiger partial charge is 0.255 e. The first kappa shape index (κ1) is 24.6. The number of carbonyl (C=O) groups is 3. The van der Waals surface area contributed by atoms with Crippen molar-refractivity contribution < 1.29 is 19.1 Å². The zero-order valence-corrected chi connectivity index (χ0v) is 19.3. The van der Waals surface area contributed by atoms with Crippen molar-refractivity contribution >= 4 is 46.8 Å². The molecule has 0 bridgehead atoms. The average Bonchev–Trinajstić information content (AvgIpc) is 2.75. The maximum Gasteiger partial charge on any atom is 0.255 e. The van der Waals surface area contributed by atoms with Crippen LogP contribution in [0.4, 0.5) is 5.69 Å². The predicted octanol–water partition coefficient (Wildman–Crippen LogP) is 3.30. The zero-order valence-electron chi connectivity index (χ0n) is 17.7. The number of amides is 3. The van der Waals surface area contributed by atoms with Gasteiger partial charge in [-0.25, -0.2) is 0 Å². The molecule has 2 aromatic carbocycles. The molecular formula is C22H26ClN3O4S. The fraction of sp³-hybridized carbons (Fsp3) is 0.318. The Hall–Kier alpha value is -2.71. The third-order valence-electron chi connectivity index (χ3n) is 4.43. The van der Waals surface area contributed by atoms with Crippen LogP contribution in [0.3, 0.4) is 0 Å². The van der Waals surface area contributed by atoms with E-state index in [9.17, 15) is 14.4 Å². The van der Waals surface area contributed by atoms with E-state index >= 15 is 0 Å². The van der Waals surface area contributed by atoms with Crippen LogP contribution < -0.4 is 15.4 Å². The summed E-state index contributed by atoms with van der Waals surface area (Å²) in [5, 5.41) is 5.99. The van der Waals surface area contributed by atoms with E-state index in [1.54, 1.807) is 60.3 Å². The van der Waals surface area contributed by atoms with Gasteiger partial charge in [0.25, 0.3) is 5.91 Å². The number of anilines is 1. The number of para-hydroxylation sites is 1. The Morgan fingerprint density at radius 1 is 1.16 bits per heavy atom. The van der Waals surface area contributed by atoms with Gasteiger partial charge in [0.2, 0.25) is 11.8 Å². The number of likely N-dealkylation sites (N-methyl/N-ethyl adjacent to an activating group) is 1. The number of benzene rings is 2. The normalized spacial score (nSPS) is 11.4. The minimum Gasteiger partial charge on any atom is -0.496 e. The fourth-order valence-electron chi connectivity index (χ4n) is 2.89. The number of carbonyl (C=O) groups excluding carboxylic acids is 3. The van der Waals surface area contributed by atoms with Gasteiger partial charge < -0.3 is 20.3 Å². The molecule has 0 aromatic heterocycles. The highest BCUT2D eigenvalue weighted by Gasteiger charge is 2.26. The van der Waals surface area contributed by atoms with E-state index < -0.39 is 11.9 Å². The Labute approximate surface area is 191 Å².